The second-order valence-corrected chi connectivity index (χ2v) is 4.80. The van der Waals surface area contributed by atoms with Crippen molar-refractivity contribution in [3.05, 3.63) is 33.7 Å². The van der Waals surface area contributed by atoms with E-state index in [9.17, 15) is 4.79 Å². The number of hydrogen-bond donors (Lipinski definition) is 1. The number of nitrogens with zero attached hydrogens (tertiary/aromatic N) is 1. The van der Waals surface area contributed by atoms with Crippen LogP contribution in [0.25, 0.3) is 0 Å². The van der Waals surface area contributed by atoms with Crippen molar-refractivity contribution in [2.24, 2.45) is 0 Å². The number of aromatic nitrogens is 1. The van der Waals surface area contributed by atoms with E-state index in [1.54, 1.807) is 0 Å². The molecule has 1 aromatic rings. The summed E-state index contributed by atoms with van der Waals surface area (Å²) in [4.78, 5) is 12.2. The summed E-state index contributed by atoms with van der Waals surface area (Å²) in [5.41, 5.74) is 1.99. The highest BCUT2D eigenvalue weighted by atomic mass is 16.1. The van der Waals surface area contributed by atoms with Crippen molar-refractivity contribution < 1.29 is 0 Å². The van der Waals surface area contributed by atoms with E-state index < -0.39 is 0 Å². The first-order valence-corrected chi connectivity index (χ1v) is 5.88. The van der Waals surface area contributed by atoms with E-state index in [1.165, 1.54) is 0 Å². The largest absolute Gasteiger partial charge is 0.310 e. The van der Waals surface area contributed by atoms with E-state index in [1.807, 2.05) is 37.5 Å². The number of pyridine rings is 1. The molecule has 1 N–H and O–H groups in total. The van der Waals surface area contributed by atoms with Crippen molar-refractivity contribution in [3.63, 3.8) is 0 Å². The second kappa shape index (κ2) is 5.30. The monoisotopic (exact) mass is 222 g/mol. The van der Waals surface area contributed by atoms with Gasteiger partial charge in [-0.1, -0.05) is 19.9 Å². The van der Waals surface area contributed by atoms with Crippen molar-refractivity contribution in [2.75, 3.05) is 0 Å². The first kappa shape index (κ1) is 13.0. The summed E-state index contributed by atoms with van der Waals surface area (Å²) < 4.78 is 1.84. The number of hydrogen-bond acceptors (Lipinski definition) is 2. The molecule has 0 spiro atoms. The van der Waals surface area contributed by atoms with Gasteiger partial charge in [-0.3, -0.25) is 4.79 Å². The van der Waals surface area contributed by atoms with Crippen molar-refractivity contribution in [2.45, 2.75) is 53.2 Å². The van der Waals surface area contributed by atoms with Crippen LogP contribution in [0, 0.1) is 6.92 Å². The fraction of sp³-hybridized carbons (Fsp3) is 0.615. The molecule has 90 valence electrons. The Morgan fingerprint density at radius 1 is 1.25 bits per heavy atom. The van der Waals surface area contributed by atoms with E-state index in [-0.39, 0.29) is 11.6 Å². The Bertz CT molecular complexity index is 405. The average molecular weight is 222 g/mol. The highest BCUT2D eigenvalue weighted by Crippen LogP contribution is 2.06. The molecule has 0 aliphatic carbocycles. The van der Waals surface area contributed by atoms with Crippen LogP contribution in [0.15, 0.2) is 16.9 Å². The summed E-state index contributed by atoms with van der Waals surface area (Å²) in [6.07, 6.45) is 0. The maximum atomic E-state index is 12.2. The molecule has 0 bridgehead atoms. The number of rotatable bonds is 4. The Labute approximate surface area is 97.5 Å². The van der Waals surface area contributed by atoms with Crippen molar-refractivity contribution in [1.29, 1.82) is 0 Å². The minimum atomic E-state index is 0.128. The molecule has 0 aliphatic rings. The molecule has 3 nitrogen and oxygen atoms in total. The minimum absolute atomic E-state index is 0.128. The molecule has 1 rings (SSSR count). The summed E-state index contributed by atoms with van der Waals surface area (Å²) in [5.74, 6) is 0. The molecule has 1 heterocycles. The van der Waals surface area contributed by atoms with Crippen LogP contribution in [0.5, 0.6) is 0 Å². The van der Waals surface area contributed by atoms with E-state index in [0.29, 0.717) is 12.6 Å². The predicted molar refractivity (Wildman–Crippen MR) is 67.8 cm³/mol. The molecule has 0 saturated heterocycles. The lowest BCUT2D eigenvalue weighted by atomic mass is 10.2. The summed E-state index contributed by atoms with van der Waals surface area (Å²) in [7, 11) is 0. The van der Waals surface area contributed by atoms with Crippen molar-refractivity contribution >= 4 is 0 Å². The third kappa shape index (κ3) is 2.95. The molecule has 0 atom stereocenters. The van der Waals surface area contributed by atoms with Crippen LogP contribution in [0.2, 0.25) is 0 Å². The van der Waals surface area contributed by atoms with Crippen LogP contribution >= 0.6 is 0 Å². The summed E-state index contributed by atoms with van der Waals surface area (Å²) in [6, 6.07) is 4.55. The molecular formula is C13H22N2O. The predicted octanol–water partition coefficient (Wildman–Crippen LogP) is 2.24. The lowest BCUT2D eigenvalue weighted by Crippen LogP contribution is -2.31. The molecule has 16 heavy (non-hydrogen) atoms. The van der Waals surface area contributed by atoms with Gasteiger partial charge < -0.3 is 9.88 Å². The van der Waals surface area contributed by atoms with Gasteiger partial charge in [0.15, 0.2) is 0 Å². The van der Waals surface area contributed by atoms with Crippen LogP contribution in [-0.4, -0.2) is 10.6 Å². The van der Waals surface area contributed by atoms with E-state index >= 15 is 0 Å². The SMILES string of the molecule is Cc1ccc(CNC(C)C)c(=O)n1C(C)C. The molecular weight excluding hydrogens is 200 g/mol. The average Bonchev–Trinajstić information content (AvgIpc) is 2.15. The van der Waals surface area contributed by atoms with E-state index in [4.69, 9.17) is 0 Å². The van der Waals surface area contributed by atoms with Gasteiger partial charge in [-0.15, -0.1) is 0 Å². The zero-order valence-corrected chi connectivity index (χ0v) is 10.9. The second-order valence-electron chi connectivity index (χ2n) is 4.80. The first-order valence-electron chi connectivity index (χ1n) is 5.88. The molecule has 1 aromatic heterocycles. The quantitative estimate of drug-likeness (QED) is 0.847. The molecule has 0 unspecified atom stereocenters. The molecule has 0 saturated carbocycles. The third-order valence-corrected chi connectivity index (χ3v) is 2.62. The fourth-order valence-corrected chi connectivity index (χ4v) is 1.78. The smallest absolute Gasteiger partial charge is 0.255 e. The Morgan fingerprint density at radius 2 is 1.88 bits per heavy atom. The molecule has 3 heteroatoms. The molecule has 0 fully saturated rings. The van der Waals surface area contributed by atoms with Gasteiger partial charge in [0.05, 0.1) is 0 Å². The van der Waals surface area contributed by atoms with Gasteiger partial charge >= 0.3 is 0 Å². The summed E-state index contributed by atoms with van der Waals surface area (Å²) in [5, 5.41) is 3.27. The highest BCUT2D eigenvalue weighted by molar-refractivity contribution is 5.16. The summed E-state index contributed by atoms with van der Waals surface area (Å²) in [6.45, 7) is 10.8. The fourth-order valence-electron chi connectivity index (χ4n) is 1.78. The minimum Gasteiger partial charge on any atom is -0.310 e. The van der Waals surface area contributed by atoms with Crippen LogP contribution in [-0.2, 0) is 6.54 Å². The topological polar surface area (TPSA) is 34.0 Å². The van der Waals surface area contributed by atoms with Crippen LogP contribution in [0.1, 0.15) is 45.0 Å². The summed E-state index contributed by atoms with van der Waals surface area (Å²) >= 11 is 0. The van der Waals surface area contributed by atoms with Crippen LogP contribution in [0.3, 0.4) is 0 Å². The maximum absolute atomic E-state index is 12.2. The number of aryl methyl sites for hydroxylation is 1. The van der Waals surface area contributed by atoms with Crippen LogP contribution < -0.4 is 10.9 Å². The lowest BCUT2D eigenvalue weighted by Gasteiger charge is -2.16. The van der Waals surface area contributed by atoms with E-state index in [2.05, 4.69) is 19.2 Å². The lowest BCUT2D eigenvalue weighted by molar-refractivity contribution is 0.542. The Morgan fingerprint density at radius 3 is 2.38 bits per heavy atom. The highest BCUT2D eigenvalue weighted by Gasteiger charge is 2.08. The maximum Gasteiger partial charge on any atom is 0.255 e. The normalized spacial score (nSPS) is 11.4. The van der Waals surface area contributed by atoms with Gasteiger partial charge in [0, 0.05) is 29.9 Å². The standard InChI is InChI=1S/C13H22N2O/c1-9(2)14-8-12-7-6-11(5)15(10(3)4)13(12)16/h6-7,9-10,14H,8H2,1-5H3. The van der Waals surface area contributed by atoms with Gasteiger partial charge in [-0.25, -0.2) is 0 Å². The van der Waals surface area contributed by atoms with Crippen LogP contribution in [0.4, 0.5) is 0 Å². The van der Waals surface area contributed by atoms with E-state index in [0.717, 1.165) is 11.3 Å². The third-order valence-electron chi connectivity index (χ3n) is 2.62. The first-order chi connectivity index (χ1) is 7.43. The molecule has 0 amide bonds. The molecule has 0 aliphatic heterocycles. The molecule has 0 aromatic carbocycles. The van der Waals surface area contributed by atoms with Crippen molar-refractivity contribution in [3.8, 4) is 0 Å². The number of nitrogens with one attached hydrogen (secondary N) is 1. The van der Waals surface area contributed by atoms with Gasteiger partial charge in [-0.05, 0) is 26.8 Å². The Kier molecular flexibility index (Phi) is 4.30. The van der Waals surface area contributed by atoms with Gasteiger partial charge in [0.1, 0.15) is 0 Å². The zero-order valence-electron chi connectivity index (χ0n) is 10.9. The van der Waals surface area contributed by atoms with Gasteiger partial charge in [0.2, 0.25) is 0 Å². The Hall–Kier alpha value is -1.09. The van der Waals surface area contributed by atoms with Crippen molar-refractivity contribution in [1.82, 2.24) is 9.88 Å². The zero-order chi connectivity index (χ0) is 12.3. The van der Waals surface area contributed by atoms with Gasteiger partial charge in [0.25, 0.3) is 5.56 Å². The van der Waals surface area contributed by atoms with Gasteiger partial charge in [-0.2, -0.15) is 0 Å². The molecule has 0 radical (unpaired) electrons. The Balaban J connectivity index is 3.05.